The van der Waals surface area contributed by atoms with Crippen molar-refractivity contribution in [2.45, 2.75) is 32.3 Å². The molecule has 1 fully saturated rings. The lowest BCUT2D eigenvalue weighted by Gasteiger charge is -2.39. The van der Waals surface area contributed by atoms with Gasteiger partial charge in [-0.15, -0.1) is 5.10 Å². The van der Waals surface area contributed by atoms with Crippen molar-refractivity contribution >= 4 is 23.2 Å². The SMILES string of the molecule is CC(C)[C@@H]1C[C@H](c2ccccc2Cl)CO[C@H]1c1ccc(OCC(=O)Nc2ccc(-n3cnnn3)cc2)cc1. The Morgan fingerprint density at radius 2 is 1.87 bits per heavy atom. The van der Waals surface area contributed by atoms with E-state index in [0.29, 0.717) is 29.9 Å². The number of hydrogen-bond acceptors (Lipinski definition) is 6. The van der Waals surface area contributed by atoms with Crippen molar-refractivity contribution in [2.24, 2.45) is 11.8 Å². The molecule has 1 N–H and O–H groups in total. The number of nitrogens with one attached hydrogen (secondary N) is 1. The predicted molar refractivity (Wildman–Crippen MR) is 146 cm³/mol. The van der Waals surface area contributed by atoms with Crippen molar-refractivity contribution in [3.05, 3.63) is 95.3 Å². The summed E-state index contributed by atoms with van der Waals surface area (Å²) >= 11 is 6.47. The first-order valence-electron chi connectivity index (χ1n) is 12.7. The van der Waals surface area contributed by atoms with Crippen LogP contribution >= 0.6 is 11.6 Å². The topological polar surface area (TPSA) is 91.2 Å². The summed E-state index contributed by atoms with van der Waals surface area (Å²) in [5, 5.41) is 14.7. The highest BCUT2D eigenvalue weighted by atomic mass is 35.5. The molecule has 3 aromatic carbocycles. The van der Waals surface area contributed by atoms with E-state index in [1.807, 2.05) is 54.6 Å². The second kappa shape index (κ2) is 11.8. The zero-order valence-corrected chi connectivity index (χ0v) is 22.1. The van der Waals surface area contributed by atoms with Gasteiger partial charge in [0.2, 0.25) is 0 Å². The van der Waals surface area contributed by atoms with Crippen molar-refractivity contribution in [1.29, 1.82) is 0 Å². The van der Waals surface area contributed by atoms with Gasteiger partial charge in [0.15, 0.2) is 6.61 Å². The summed E-state index contributed by atoms with van der Waals surface area (Å²) in [5.74, 6) is 1.47. The molecule has 1 aliphatic heterocycles. The molecule has 1 amide bonds. The number of nitrogens with zero attached hydrogens (tertiary/aromatic N) is 4. The Morgan fingerprint density at radius 1 is 1.11 bits per heavy atom. The molecule has 0 bridgehead atoms. The van der Waals surface area contributed by atoms with Crippen LogP contribution in [-0.4, -0.2) is 39.3 Å². The number of halogens is 1. The van der Waals surface area contributed by atoms with Crippen molar-refractivity contribution in [3.63, 3.8) is 0 Å². The van der Waals surface area contributed by atoms with Crippen LogP contribution in [0.25, 0.3) is 5.69 Å². The van der Waals surface area contributed by atoms with Crippen molar-refractivity contribution in [1.82, 2.24) is 20.2 Å². The second-order valence-electron chi connectivity index (χ2n) is 9.82. The van der Waals surface area contributed by atoms with E-state index in [1.54, 1.807) is 12.1 Å². The largest absolute Gasteiger partial charge is 0.484 e. The smallest absolute Gasteiger partial charge is 0.262 e. The van der Waals surface area contributed by atoms with Crippen LogP contribution < -0.4 is 10.1 Å². The predicted octanol–water partition coefficient (Wildman–Crippen LogP) is 5.85. The zero-order valence-electron chi connectivity index (χ0n) is 21.3. The zero-order chi connectivity index (χ0) is 26.5. The summed E-state index contributed by atoms with van der Waals surface area (Å²) < 4.78 is 13.7. The van der Waals surface area contributed by atoms with E-state index >= 15 is 0 Å². The fourth-order valence-electron chi connectivity index (χ4n) is 4.93. The first-order valence-corrected chi connectivity index (χ1v) is 13.1. The van der Waals surface area contributed by atoms with Gasteiger partial charge >= 0.3 is 0 Å². The summed E-state index contributed by atoms with van der Waals surface area (Å²) in [4.78, 5) is 12.4. The summed E-state index contributed by atoms with van der Waals surface area (Å²) in [6, 6.07) is 23.1. The minimum Gasteiger partial charge on any atom is -0.484 e. The monoisotopic (exact) mass is 531 g/mol. The van der Waals surface area contributed by atoms with E-state index in [4.69, 9.17) is 21.1 Å². The molecule has 4 aromatic rings. The molecule has 196 valence electrons. The molecule has 1 aliphatic rings. The third kappa shape index (κ3) is 6.03. The maximum atomic E-state index is 12.4. The molecule has 1 aromatic heterocycles. The van der Waals surface area contributed by atoms with Crippen LogP contribution in [0.2, 0.25) is 5.02 Å². The van der Waals surface area contributed by atoms with Gasteiger partial charge in [-0.25, -0.2) is 4.68 Å². The van der Waals surface area contributed by atoms with Crippen molar-refractivity contribution in [3.8, 4) is 11.4 Å². The molecule has 1 saturated heterocycles. The molecular weight excluding hydrogens is 502 g/mol. The molecule has 0 unspecified atom stereocenters. The highest BCUT2D eigenvalue weighted by Gasteiger charge is 2.35. The normalized spacial score (nSPS) is 19.3. The minimum absolute atomic E-state index is 0.00219. The molecule has 0 aliphatic carbocycles. The number of carbonyl (C=O) groups is 1. The van der Waals surface area contributed by atoms with Crippen molar-refractivity contribution < 1.29 is 14.3 Å². The van der Waals surface area contributed by atoms with Crippen LogP contribution in [0.15, 0.2) is 79.1 Å². The fourth-order valence-corrected chi connectivity index (χ4v) is 5.22. The van der Waals surface area contributed by atoms with E-state index in [1.165, 1.54) is 11.0 Å². The van der Waals surface area contributed by atoms with Crippen LogP contribution in [0.4, 0.5) is 5.69 Å². The maximum Gasteiger partial charge on any atom is 0.262 e. The summed E-state index contributed by atoms with van der Waals surface area (Å²) in [7, 11) is 0. The Morgan fingerprint density at radius 3 is 2.55 bits per heavy atom. The highest BCUT2D eigenvalue weighted by Crippen LogP contribution is 2.44. The van der Waals surface area contributed by atoms with Crippen LogP contribution in [0.5, 0.6) is 5.75 Å². The maximum absolute atomic E-state index is 12.4. The third-order valence-corrected chi connectivity index (χ3v) is 7.31. The molecule has 9 heteroatoms. The molecule has 2 heterocycles. The number of amides is 1. The molecule has 3 atom stereocenters. The van der Waals surface area contributed by atoms with Crippen LogP contribution in [0, 0.1) is 11.8 Å². The van der Waals surface area contributed by atoms with Crippen LogP contribution in [0.1, 0.15) is 43.4 Å². The number of benzene rings is 3. The Kier molecular flexibility index (Phi) is 8.00. The third-order valence-electron chi connectivity index (χ3n) is 6.97. The number of hydrogen-bond donors (Lipinski definition) is 1. The van der Waals surface area contributed by atoms with Crippen LogP contribution in [0.3, 0.4) is 0 Å². The van der Waals surface area contributed by atoms with E-state index in [-0.39, 0.29) is 24.5 Å². The van der Waals surface area contributed by atoms with Gasteiger partial charge < -0.3 is 14.8 Å². The average Bonchev–Trinajstić information content (AvgIpc) is 3.48. The molecule has 0 saturated carbocycles. The van der Waals surface area contributed by atoms with Gasteiger partial charge in [-0.2, -0.15) is 0 Å². The van der Waals surface area contributed by atoms with E-state index in [2.05, 4.69) is 40.8 Å². The van der Waals surface area contributed by atoms with E-state index in [9.17, 15) is 4.79 Å². The molecular formula is C29H30ClN5O3. The molecule has 5 rings (SSSR count). The van der Waals surface area contributed by atoms with Gasteiger partial charge in [0.05, 0.1) is 18.4 Å². The van der Waals surface area contributed by atoms with Crippen LogP contribution in [-0.2, 0) is 9.53 Å². The number of aromatic nitrogens is 4. The highest BCUT2D eigenvalue weighted by molar-refractivity contribution is 6.31. The number of carbonyl (C=O) groups excluding carboxylic acids is 1. The number of anilines is 1. The van der Waals surface area contributed by atoms with E-state index < -0.39 is 0 Å². The second-order valence-corrected chi connectivity index (χ2v) is 10.2. The fraction of sp³-hybridized carbons (Fsp3) is 0.310. The molecule has 8 nitrogen and oxygen atoms in total. The Hall–Kier alpha value is -3.75. The number of ether oxygens (including phenoxy) is 2. The average molecular weight is 532 g/mol. The molecule has 0 spiro atoms. The Balaban J connectivity index is 1.16. The number of tetrazole rings is 1. The Bertz CT molecular complexity index is 1340. The molecule has 38 heavy (non-hydrogen) atoms. The molecule has 0 radical (unpaired) electrons. The van der Waals surface area contributed by atoms with Crippen molar-refractivity contribution in [2.75, 3.05) is 18.5 Å². The quantitative estimate of drug-likeness (QED) is 0.306. The van der Waals surface area contributed by atoms with Gasteiger partial charge in [-0.3, -0.25) is 4.79 Å². The van der Waals surface area contributed by atoms with Gasteiger partial charge in [0, 0.05) is 16.6 Å². The first kappa shape index (κ1) is 25.9. The summed E-state index contributed by atoms with van der Waals surface area (Å²) in [6.07, 6.45) is 2.52. The summed E-state index contributed by atoms with van der Waals surface area (Å²) in [5.41, 5.74) is 3.73. The summed E-state index contributed by atoms with van der Waals surface area (Å²) in [6.45, 7) is 5.02. The Labute approximate surface area is 226 Å². The van der Waals surface area contributed by atoms with E-state index in [0.717, 1.165) is 28.3 Å². The standard InChI is InChI=1S/C29H30ClN5O3/c1-19(2)26-15-21(25-5-3-4-6-27(25)30)16-38-29(26)20-7-13-24(14-8-20)37-17-28(36)32-22-9-11-23(12-10-22)35-18-31-33-34-35/h3-14,18-19,21,26,29H,15-17H2,1-2H3,(H,32,36)/t21-,26-,29-/m0/s1. The van der Waals surface area contributed by atoms with Gasteiger partial charge in [-0.05, 0) is 82.3 Å². The lowest BCUT2D eigenvalue weighted by Crippen LogP contribution is -2.31. The van der Waals surface area contributed by atoms with Gasteiger partial charge in [-0.1, -0.05) is 55.8 Å². The van der Waals surface area contributed by atoms with Gasteiger partial charge in [0.25, 0.3) is 5.91 Å². The lowest BCUT2D eigenvalue weighted by molar-refractivity contribution is -0.118. The first-order chi connectivity index (χ1) is 18.5. The lowest BCUT2D eigenvalue weighted by atomic mass is 9.76. The van der Waals surface area contributed by atoms with Gasteiger partial charge in [0.1, 0.15) is 12.1 Å². The minimum atomic E-state index is -0.245. The number of rotatable bonds is 8.